The van der Waals surface area contributed by atoms with E-state index in [2.05, 4.69) is 6.58 Å². The SMILES string of the molecule is C=C(C)C(=O)Oc1ccc(OC(=O)Oc2ccc(C(=O)c3ccccc3)cc2)cc1. The lowest BCUT2D eigenvalue weighted by Gasteiger charge is -2.08. The molecule has 0 N–H and O–H groups in total. The molecule has 3 aromatic rings. The third-order valence-corrected chi connectivity index (χ3v) is 3.94. The first-order chi connectivity index (χ1) is 14.4. The highest BCUT2D eigenvalue weighted by atomic mass is 16.7. The molecule has 0 radical (unpaired) electrons. The van der Waals surface area contributed by atoms with Gasteiger partial charge in [0.15, 0.2) is 5.78 Å². The second-order valence-electron chi connectivity index (χ2n) is 6.31. The Morgan fingerprint density at radius 3 is 1.57 bits per heavy atom. The van der Waals surface area contributed by atoms with E-state index in [1.54, 1.807) is 43.3 Å². The van der Waals surface area contributed by atoms with Crippen LogP contribution in [0, 0.1) is 0 Å². The van der Waals surface area contributed by atoms with E-state index in [1.807, 2.05) is 6.07 Å². The molecule has 0 unspecified atom stereocenters. The zero-order valence-electron chi connectivity index (χ0n) is 16.2. The minimum absolute atomic E-state index is 0.128. The summed E-state index contributed by atoms with van der Waals surface area (Å²) in [6, 6.07) is 20.9. The van der Waals surface area contributed by atoms with Crippen LogP contribution in [0.25, 0.3) is 0 Å². The number of carbonyl (C=O) groups is 3. The third kappa shape index (κ3) is 5.42. The molecule has 0 aliphatic rings. The average Bonchev–Trinajstić information content (AvgIpc) is 2.75. The summed E-state index contributed by atoms with van der Waals surface area (Å²) in [5, 5.41) is 0. The van der Waals surface area contributed by atoms with Crippen LogP contribution in [-0.4, -0.2) is 17.9 Å². The molecule has 30 heavy (non-hydrogen) atoms. The quantitative estimate of drug-likeness (QED) is 0.190. The van der Waals surface area contributed by atoms with Crippen molar-refractivity contribution in [2.75, 3.05) is 0 Å². The Kier molecular flexibility index (Phi) is 6.39. The van der Waals surface area contributed by atoms with Gasteiger partial charge in [-0.3, -0.25) is 4.79 Å². The van der Waals surface area contributed by atoms with Gasteiger partial charge in [0.25, 0.3) is 0 Å². The molecule has 3 rings (SSSR count). The standard InChI is InChI=1S/C24H18O6/c1-16(2)23(26)28-19-12-14-21(15-13-19)30-24(27)29-20-10-8-18(9-11-20)22(25)17-6-4-3-5-7-17/h3-15H,1H2,2H3. The summed E-state index contributed by atoms with van der Waals surface area (Å²) < 4.78 is 15.3. The van der Waals surface area contributed by atoms with Gasteiger partial charge in [-0.1, -0.05) is 36.9 Å². The summed E-state index contributed by atoms with van der Waals surface area (Å²) in [4.78, 5) is 35.8. The Bertz CT molecular complexity index is 1070. The van der Waals surface area contributed by atoms with E-state index in [4.69, 9.17) is 14.2 Å². The molecule has 0 aliphatic carbocycles. The Labute approximate surface area is 173 Å². The highest BCUT2D eigenvalue weighted by Gasteiger charge is 2.12. The molecule has 0 spiro atoms. The van der Waals surface area contributed by atoms with E-state index in [9.17, 15) is 14.4 Å². The normalized spacial score (nSPS) is 10.0. The fourth-order valence-electron chi connectivity index (χ4n) is 2.41. The van der Waals surface area contributed by atoms with E-state index in [-0.39, 0.29) is 22.9 Å². The van der Waals surface area contributed by atoms with E-state index >= 15 is 0 Å². The van der Waals surface area contributed by atoms with Gasteiger partial charge in [-0.15, -0.1) is 0 Å². The van der Waals surface area contributed by atoms with Crippen molar-refractivity contribution in [3.05, 3.63) is 102 Å². The molecule has 0 heterocycles. The van der Waals surface area contributed by atoms with Crippen molar-refractivity contribution in [2.24, 2.45) is 0 Å². The Hall–Kier alpha value is -4.19. The van der Waals surface area contributed by atoms with Crippen LogP contribution < -0.4 is 14.2 Å². The van der Waals surface area contributed by atoms with Crippen molar-refractivity contribution in [3.8, 4) is 17.2 Å². The van der Waals surface area contributed by atoms with Gasteiger partial charge in [-0.05, 0) is 55.5 Å². The maximum atomic E-state index is 12.4. The minimum Gasteiger partial charge on any atom is -0.423 e. The zero-order chi connectivity index (χ0) is 21.5. The average molecular weight is 402 g/mol. The van der Waals surface area contributed by atoms with Crippen molar-refractivity contribution < 1.29 is 28.6 Å². The molecule has 0 fully saturated rings. The van der Waals surface area contributed by atoms with Gasteiger partial charge in [0, 0.05) is 16.7 Å². The number of ketones is 1. The van der Waals surface area contributed by atoms with Gasteiger partial charge in [-0.2, -0.15) is 0 Å². The van der Waals surface area contributed by atoms with Gasteiger partial charge in [-0.25, -0.2) is 9.59 Å². The summed E-state index contributed by atoms with van der Waals surface area (Å²) in [7, 11) is 0. The summed E-state index contributed by atoms with van der Waals surface area (Å²) in [6.07, 6.45) is -0.941. The van der Waals surface area contributed by atoms with Crippen molar-refractivity contribution in [1.29, 1.82) is 0 Å². The highest BCUT2D eigenvalue weighted by Crippen LogP contribution is 2.20. The number of hydrogen-bond donors (Lipinski definition) is 0. The first-order valence-corrected chi connectivity index (χ1v) is 8.99. The second-order valence-corrected chi connectivity index (χ2v) is 6.31. The summed E-state index contributed by atoms with van der Waals surface area (Å²) in [6.45, 7) is 5.04. The van der Waals surface area contributed by atoms with Crippen LogP contribution in [0.2, 0.25) is 0 Å². The number of carbonyl (C=O) groups excluding carboxylic acids is 3. The van der Waals surface area contributed by atoms with Crippen LogP contribution in [-0.2, 0) is 4.79 Å². The van der Waals surface area contributed by atoms with Gasteiger partial charge in [0.1, 0.15) is 17.2 Å². The van der Waals surface area contributed by atoms with Gasteiger partial charge in [0.05, 0.1) is 0 Å². The Balaban J connectivity index is 1.56. The summed E-state index contributed by atoms with van der Waals surface area (Å²) >= 11 is 0. The van der Waals surface area contributed by atoms with E-state index in [0.29, 0.717) is 16.9 Å². The van der Waals surface area contributed by atoms with Crippen LogP contribution in [0.3, 0.4) is 0 Å². The van der Waals surface area contributed by atoms with Crippen molar-refractivity contribution >= 4 is 17.9 Å². The number of benzene rings is 3. The number of hydrogen-bond acceptors (Lipinski definition) is 6. The number of esters is 1. The molecular formula is C24H18O6. The molecule has 0 aromatic heterocycles. The van der Waals surface area contributed by atoms with E-state index in [0.717, 1.165) is 0 Å². The summed E-state index contributed by atoms with van der Waals surface area (Å²) in [5.41, 5.74) is 1.32. The van der Waals surface area contributed by atoms with Gasteiger partial charge >= 0.3 is 12.1 Å². The smallest absolute Gasteiger partial charge is 0.423 e. The Morgan fingerprint density at radius 1 is 0.633 bits per heavy atom. The van der Waals surface area contributed by atoms with Crippen molar-refractivity contribution in [3.63, 3.8) is 0 Å². The van der Waals surface area contributed by atoms with Gasteiger partial charge in [0.2, 0.25) is 0 Å². The maximum absolute atomic E-state index is 12.4. The predicted octanol–water partition coefficient (Wildman–Crippen LogP) is 4.98. The topological polar surface area (TPSA) is 78.9 Å². The van der Waals surface area contributed by atoms with Gasteiger partial charge < -0.3 is 14.2 Å². The third-order valence-electron chi connectivity index (χ3n) is 3.94. The molecule has 0 saturated heterocycles. The Morgan fingerprint density at radius 2 is 1.07 bits per heavy atom. The van der Waals surface area contributed by atoms with Crippen LogP contribution in [0.4, 0.5) is 4.79 Å². The molecule has 6 heteroatoms. The molecule has 6 nitrogen and oxygen atoms in total. The molecule has 0 atom stereocenters. The predicted molar refractivity (Wildman–Crippen MR) is 110 cm³/mol. The van der Waals surface area contributed by atoms with Crippen LogP contribution in [0.5, 0.6) is 17.2 Å². The van der Waals surface area contributed by atoms with Crippen LogP contribution >= 0.6 is 0 Å². The highest BCUT2D eigenvalue weighted by molar-refractivity contribution is 6.09. The van der Waals surface area contributed by atoms with Crippen molar-refractivity contribution in [1.82, 2.24) is 0 Å². The number of ether oxygens (including phenoxy) is 3. The molecule has 3 aromatic carbocycles. The largest absolute Gasteiger partial charge is 0.519 e. The second kappa shape index (κ2) is 9.34. The van der Waals surface area contributed by atoms with E-state index in [1.165, 1.54) is 36.4 Å². The van der Waals surface area contributed by atoms with E-state index < -0.39 is 12.1 Å². The fraction of sp³-hybridized carbons (Fsp3) is 0.0417. The minimum atomic E-state index is -0.941. The first-order valence-electron chi connectivity index (χ1n) is 8.99. The zero-order valence-corrected chi connectivity index (χ0v) is 16.2. The molecular weight excluding hydrogens is 384 g/mol. The number of rotatable bonds is 6. The van der Waals surface area contributed by atoms with Crippen LogP contribution in [0.1, 0.15) is 22.8 Å². The molecule has 0 bridgehead atoms. The summed E-state index contributed by atoms with van der Waals surface area (Å²) in [5.74, 6) is 0.0689. The molecule has 0 amide bonds. The lowest BCUT2D eigenvalue weighted by atomic mass is 10.0. The molecule has 0 aliphatic heterocycles. The monoisotopic (exact) mass is 402 g/mol. The maximum Gasteiger partial charge on any atom is 0.519 e. The lowest BCUT2D eigenvalue weighted by molar-refractivity contribution is -0.130. The van der Waals surface area contributed by atoms with Crippen LogP contribution in [0.15, 0.2) is 91.0 Å². The van der Waals surface area contributed by atoms with Crippen molar-refractivity contribution in [2.45, 2.75) is 6.92 Å². The lowest BCUT2D eigenvalue weighted by Crippen LogP contribution is -2.14. The first kappa shape index (κ1) is 20.5. The molecule has 150 valence electrons. The fourth-order valence-corrected chi connectivity index (χ4v) is 2.41. The molecule has 0 saturated carbocycles.